The monoisotopic (exact) mass is 337 g/mol. The molecule has 5 nitrogen and oxygen atoms in total. The molecule has 1 amide bonds. The number of Topliss-reactive ketones (excluding diaryl/α,β-unsaturated/α-hetero) is 1. The molecule has 0 N–H and O–H groups in total. The molecule has 1 aromatic rings. The van der Waals surface area contributed by atoms with Gasteiger partial charge in [-0.2, -0.15) is 0 Å². The Kier molecular flexibility index (Phi) is 6.33. The Labute approximate surface area is 139 Å². The predicted molar refractivity (Wildman–Crippen MR) is 89.4 cm³/mol. The summed E-state index contributed by atoms with van der Waals surface area (Å²) in [4.78, 5) is 26.0. The fourth-order valence-corrected chi connectivity index (χ4v) is 3.53. The lowest BCUT2D eigenvalue weighted by Crippen LogP contribution is -2.31. The Hall–Kier alpha value is -1.69. The fourth-order valence-electron chi connectivity index (χ4n) is 2.92. The highest BCUT2D eigenvalue weighted by molar-refractivity contribution is 7.85. The molecule has 6 heteroatoms. The molecule has 0 aromatic heterocycles. The van der Waals surface area contributed by atoms with Crippen LogP contribution in [0.3, 0.4) is 0 Å². The van der Waals surface area contributed by atoms with Crippen LogP contribution < -0.4 is 0 Å². The topological polar surface area (TPSA) is 63.7 Å². The number of ketones is 1. The van der Waals surface area contributed by atoms with E-state index in [-0.39, 0.29) is 36.1 Å². The van der Waals surface area contributed by atoms with Crippen LogP contribution in [0.15, 0.2) is 30.3 Å². The maximum Gasteiger partial charge on any atom is 0.410 e. The first-order valence-electron chi connectivity index (χ1n) is 7.79. The maximum atomic E-state index is 12.2. The normalized spacial score (nSPS) is 21.9. The average Bonchev–Trinajstić information content (AvgIpc) is 2.97. The van der Waals surface area contributed by atoms with Crippen LogP contribution in [-0.4, -0.2) is 46.1 Å². The van der Waals surface area contributed by atoms with Crippen molar-refractivity contribution in [3.8, 4) is 0 Å². The van der Waals surface area contributed by atoms with Crippen LogP contribution in [0.1, 0.15) is 18.9 Å². The van der Waals surface area contributed by atoms with Crippen molar-refractivity contribution in [3.05, 3.63) is 35.9 Å². The zero-order valence-corrected chi connectivity index (χ0v) is 14.4. The molecular formula is C17H23NO4S. The van der Waals surface area contributed by atoms with E-state index in [2.05, 4.69) is 0 Å². The third kappa shape index (κ3) is 4.89. The molecule has 0 radical (unpaired) electrons. The highest BCUT2D eigenvalue weighted by Gasteiger charge is 2.39. The largest absolute Gasteiger partial charge is 0.445 e. The first kappa shape index (κ1) is 17.7. The summed E-state index contributed by atoms with van der Waals surface area (Å²) in [5.74, 6) is -0.0619. The maximum absolute atomic E-state index is 12.2. The predicted octanol–water partition coefficient (Wildman–Crippen LogP) is 2.23. The standard InChI is InChI=1S/C17H23NO4S/c1-3-14-9-18(10-15(14)16(19)12-23(2)21)17(20)22-11-13-7-5-4-6-8-13/h4-8,14-15H,3,9-12H2,1-2H3/t14-,15+,23?/m0/s1. The van der Waals surface area contributed by atoms with Gasteiger partial charge in [-0.3, -0.25) is 9.00 Å². The van der Waals surface area contributed by atoms with E-state index >= 15 is 0 Å². The van der Waals surface area contributed by atoms with Crippen molar-refractivity contribution >= 4 is 22.7 Å². The summed E-state index contributed by atoms with van der Waals surface area (Å²) >= 11 is 0. The third-order valence-corrected chi connectivity index (χ3v) is 4.88. The molecule has 1 aliphatic heterocycles. The second-order valence-corrected chi connectivity index (χ2v) is 7.34. The van der Waals surface area contributed by atoms with Gasteiger partial charge >= 0.3 is 6.09 Å². The van der Waals surface area contributed by atoms with E-state index in [0.717, 1.165) is 12.0 Å². The number of benzene rings is 1. The van der Waals surface area contributed by atoms with Crippen LogP contribution in [0.4, 0.5) is 4.79 Å². The van der Waals surface area contributed by atoms with Gasteiger partial charge in [-0.05, 0) is 11.5 Å². The van der Waals surface area contributed by atoms with Crippen molar-refractivity contribution < 1.29 is 18.5 Å². The Morgan fingerprint density at radius 2 is 1.96 bits per heavy atom. The van der Waals surface area contributed by atoms with Crippen molar-refractivity contribution in [3.63, 3.8) is 0 Å². The Morgan fingerprint density at radius 3 is 2.57 bits per heavy atom. The number of likely N-dealkylation sites (tertiary alicyclic amines) is 1. The molecule has 1 aromatic carbocycles. The van der Waals surface area contributed by atoms with E-state index in [1.807, 2.05) is 37.3 Å². The Morgan fingerprint density at radius 1 is 1.26 bits per heavy atom. The highest BCUT2D eigenvalue weighted by Crippen LogP contribution is 2.27. The second kappa shape index (κ2) is 8.24. The number of hydrogen-bond acceptors (Lipinski definition) is 4. The average molecular weight is 337 g/mol. The molecule has 3 atom stereocenters. The molecule has 1 saturated heterocycles. The minimum atomic E-state index is -1.14. The van der Waals surface area contributed by atoms with Crippen LogP contribution in [0.5, 0.6) is 0 Å². The summed E-state index contributed by atoms with van der Waals surface area (Å²) in [5, 5.41) is 0. The number of amides is 1. The third-order valence-electron chi connectivity index (χ3n) is 4.19. The number of hydrogen-bond donors (Lipinski definition) is 0. The number of carbonyl (C=O) groups excluding carboxylic acids is 2. The van der Waals surface area contributed by atoms with Crippen molar-refractivity contribution in [2.45, 2.75) is 20.0 Å². The van der Waals surface area contributed by atoms with Gasteiger partial charge in [0.1, 0.15) is 6.61 Å². The zero-order valence-electron chi connectivity index (χ0n) is 13.6. The number of carbonyl (C=O) groups is 2. The molecule has 0 aliphatic carbocycles. The molecule has 2 rings (SSSR count). The van der Waals surface area contributed by atoms with Crippen LogP contribution in [0, 0.1) is 11.8 Å². The molecule has 1 heterocycles. The SMILES string of the molecule is CC[C@H]1CN(C(=O)OCc2ccccc2)C[C@H]1C(=O)CS(C)=O. The lowest BCUT2D eigenvalue weighted by molar-refractivity contribution is -0.121. The van der Waals surface area contributed by atoms with Crippen molar-refractivity contribution in [2.24, 2.45) is 11.8 Å². The molecule has 126 valence electrons. The minimum Gasteiger partial charge on any atom is -0.445 e. The highest BCUT2D eigenvalue weighted by atomic mass is 32.2. The molecule has 0 spiro atoms. The van der Waals surface area contributed by atoms with Crippen molar-refractivity contribution in [2.75, 3.05) is 25.1 Å². The van der Waals surface area contributed by atoms with Gasteiger partial charge in [0, 0.05) is 36.1 Å². The van der Waals surface area contributed by atoms with Crippen LogP contribution in [-0.2, 0) is 26.9 Å². The Balaban J connectivity index is 1.91. The van der Waals surface area contributed by atoms with E-state index in [9.17, 15) is 13.8 Å². The van der Waals surface area contributed by atoms with Crippen molar-refractivity contribution in [1.29, 1.82) is 0 Å². The molecule has 23 heavy (non-hydrogen) atoms. The summed E-state index contributed by atoms with van der Waals surface area (Å²) in [6, 6.07) is 9.49. The molecule has 0 saturated carbocycles. The van der Waals surface area contributed by atoms with Gasteiger partial charge in [0.15, 0.2) is 5.78 Å². The molecule has 1 fully saturated rings. The zero-order chi connectivity index (χ0) is 16.8. The molecule has 0 bridgehead atoms. The van der Waals surface area contributed by atoms with Gasteiger partial charge in [0.2, 0.25) is 0 Å². The lowest BCUT2D eigenvalue weighted by atomic mass is 9.91. The van der Waals surface area contributed by atoms with E-state index in [1.165, 1.54) is 6.26 Å². The van der Waals surface area contributed by atoms with Crippen LogP contribution >= 0.6 is 0 Å². The Bertz CT molecular complexity index is 575. The molecule has 1 unspecified atom stereocenters. The quantitative estimate of drug-likeness (QED) is 0.798. The first-order chi connectivity index (χ1) is 11.0. The van der Waals surface area contributed by atoms with Crippen LogP contribution in [0.25, 0.3) is 0 Å². The summed E-state index contributed by atoms with van der Waals surface area (Å²) < 4.78 is 16.6. The second-order valence-electron chi connectivity index (χ2n) is 5.90. The number of ether oxygens (including phenoxy) is 1. The summed E-state index contributed by atoms with van der Waals surface area (Å²) in [6.45, 7) is 3.12. The first-order valence-corrected chi connectivity index (χ1v) is 9.52. The van der Waals surface area contributed by atoms with Gasteiger partial charge < -0.3 is 9.64 Å². The van der Waals surface area contributed by atoms with E-state index in [4.69, 9.17) is 4.74 Å². The van der Waals surface area contributed by atoms with Gasteiger partial charge in [-0.25, -0.2) is 4.79 Å². The summed E-state index contributed by atoms with van der Waals surface area (Å²) in [7, 11) is -1.14. The van der Waals surface area contributed by atoms with E-state index < -0.39 is 10.8 Å². The summed E-state index contributed by atoms with van der Waals surface area (Å²) in [5.41, 5.74) is 0.932. The van der Waals surface area contributed by atoms with Gasteiger partial charge in [0.25, 0.3) is 0 Å². The van der Waals surface area contributed by atoms with Gasteiger partial charge in [-0.1, -0.05) is 43.7 Å². The minimum absolute atomic E-state index is 0.0176. The smallest absolute Gasteiger partial charge is 0.410 e. The molecule has 1 aliphatic rings. The number of nitrogens with zero attached hydrogens (tertiary/aromatic N) is 1. The van der Waals surface area contributed by atoms with Gasteiger partial charge in [0.05, 0.1) is 5.75 Å². The van der Waals surface area contributed by atoms with Gasteiger partial charge in [-0.15, -0.1) is 0 Å². The summed E-state index contributed by atoms with van der Waals surface area (Å²) in [6.07, 6.45) is 1.95. The van der Waals surface area contributed by atoms with E-state index in [1.54, 1.807) is 4.90 Å². The van der Waals surface area contributed by atoms with Crippen molar-refractivity contribution in [1.82, 2.24) is 4.90 Å². The van der Waals surface area contributed by atoms with Crippen LogP contribution in [0.2, 0.25) is 0 Å². The lowest BCUT2D eigenvalue weighted by Gasteiger charge is -2.16. The molecular weight excluding hydrogens is 314 g/mol. The fraction of sp³-hybridized carbons (Fsp3) is 0.529. The van der Waals surface area contributed by atoms with E-state index in [0.29, 0.717) is 13.1 Å². The number of rotatable bonds is 6.